The van der Waals surface area contributed by atoms with Crippen molar-refractivity contribution in [1.82, 2.24) is 19.9 Å². The highest BCUT2D eigenvalue weighted by molar-refractivity contribution is 7.16. The van der Waals surface area contributed by atoms with Crippen LogP contribution in [0.2, 0.25) is 0 Å². The molecule has 0 fully saturated rings. The highest BCUT2D eigenvalue weighted by Crippen LogP contribution is 2.42. The van der Waals surface area contributed by atoms with Gasteiger partial charge in [0.15, 0.2) is 0 Å². The summed E-state index contributed by atoms with van der Waals surface area (Å²) in [5, 5.41) is 19.2. The smallest absolute Gasteiger partial charge is 0.346 e. The number of H-pyrrole nitrogens is 2. The molecule has 0 saturated carbocycles. The molecule has 0 aliphatic carbocycles. The number of benzene rings is 3. The van der Waals surface area contributed by atoms with Gasteiger partial charge in [0, 0.05) is 54.1 Å². The van der Waals surface area contributed by atoms with Crippen LogP contribution in [0.15, 0.2) is 90.5 Å². The van der Waals surface area contributed by atoms with Crippen LogP contribution in [0.3, 0.4) is 0 Å². The monoisotopic (exact) mass is 813 g/mol. The van der Waals surface area contributed by atoms with E-state index in [4.69, 9.17) is 9.97 Å². The van der Waals surface area contributed by atoms with E-state index in [0.29, 0.717) is 4.88 Å². The molecule has 0 unspecified atom stereocenters. The molecule has 8 bridgehead atoms. The Balaban J connectivity index is 1.48. The van der Waals surface area contributed by atoms with Gasteiger partial charge in [0.2, 0.25) is 0 Å². The molecule has 2 aliphatic heterocycles. The average Bonchev–Trinajstić information content (AvgIpc) is 4.07. The fraction of sp³-hybridized carbons (Fsp3) is 0.132. The van der Waals surface area contributed by atoms with Crippen molar-refractivity contribution in [3.63, 3.8) is 0 Å². The van der Waals surface area contributed by atoms with E-state index in [1.165, 1.54) is 34.1 Å². The fourth-order valence-corrected chi connectivity index (χ4v) is 10.0. The van der Waals surface area contributed by atoms with Crippen LogP contribution in [0, 0.1) is 59.8 Å². The molecule has 8 heteroatoms. The molecule has 9 rings (SSSR count). The number of hydrogen-bond acceptors (Lipinski definition) is 5. The number of aromatic amines is 2. The van der Waals surface area contributed by atoms with Crippen molar-refractivity contribution in [3.8, 4) is 49.9 Å². The molecule has 0 amide bonds. The zero-order valence-electron chi connectivity index (χ0n) is 35.1. The molecule has 0 spiro atoms. The van der Waals surface area contributed by atoms with Crippen molar-refractivity contribution in [2.45, 2.75) is 48.5 Å². The Labute approximate surface area is 358 Å². The molecule has 3 N–H and O–H groups in total. The van der Waals surface area contributed by atoms with E-state index in [0.717, 1.165) is 111 Å². The van der Waals surface area contributed by atoms with Gasteiger partial charge in [0.05, 0.1) is 22.8 Å². The molecular weight excluding hydrogens is 771 g/mol. The van der Waals surface area contributed by atoms with E-state index in [9.17, 15) is 15.2 Å². The number of nitrogens with one attached hydrogen (secondary N) is 2. The molecule has 7 aromatic rings. The maximum atomic E-state index is 11.8. The largest absolute Gasteiger partial charge is 0.477 e. The molecule has 61 heavy (non-hydrogen) atoms. The number of carbonyl (C=O) groups is 1. The highest BCUT2D eigenvalue weighted by Gasteiger charge is 2.22. The van der Waals surface area contributed by atoms with Crippen LogP contribution < -0.4 is 0 Å². The number of fused-ring (bicyclic) bond motifs is 8. The second-order valence-corrected chi connectivity index (χ2v) is 17.2. The first-order chi connectivity index (χ1) is 29.4. The zero-order valence-corrected chi connectivity index (χ0v) is 35.9. The van der Waals surface area contributed by atoms with Gasteiger partial charge < -0.3 is 15.1 Å². The molecular formula is C53H43N5O2S. The van der Waals surface area contributed by atoms with Gasteiger partial charge in [-0.1, -0.05) is 65.2 Å². The normalized spacial score (nSPS) is 12.3. The van der Waals surface area contributed by atoms with E-state index in [1.54, 1.807) is 0 Å². The lowest BCUT2D eigenvalue weighted by molar-refractivity contribution is -0.132. The topological polar surface area (TPSA) is 118 Å². The molecule has 0 radical (unpaired) electrons. The predicted molar refractivity (Wildman–Crippen MR) is 253 cm³/mol. The Hall–Kier alpha value is -7.34. The first-order valence-electron chi connectivity index (χ1n) is 20.2. The number of carboxylic acid groups (broad SMARTS) is 1. The first kappa shape index (κ1) is 39.1. The van der Waals surface area contributed by atoms with Crippen LogP contribution in [0.5, 0.6) is 0 Å². The number of thiophene rings is 1. The van der Waals surface area contributed by atoms with Crippen molar-refractivity contribution < 1.29 is 9.90 Å². The third-order valence-electron chi connectivity index (χ3n) is 11.5. The lowest BCUT2D eigenvalue weighted by atomic mass is 9.92. The van der Waals surface area contributed by atoms with E-state index >= 15 is 0 Å². The van der Waals surface area contributed by atoms with Gasteiger partial charge in [-0.05, 0) is 154 Å². The van der Waals surface area contributed by atoms with Gasteiger partial charge in [-0.3, -0.25) is 0 Å². The Morgan fingerprint density at radius 1 is 0.557 bits per heavy atom. The van der Waals surface area contributed by atoms with Crippen LogP contribution in [0.25, 0.3) is 96.3 Å². The van der Waals surface area contributed by atoms with Crippen LogP contribution in [-0.4, -0.2) is 31.0 Å². The van der Waals surface area contributed by atoms with Crippen LogP contribution in [0.1, 0.15) is 66.6 Å². The second kappa shape index (κ2) is 15.4. The summed E-state index contributed by atoms with van der Waals surface area (Å²) in [6.45, 7) is 15.0. The van der Waals surface area contributed by atoms with Crippen molar-refractivity contribution in [3.05, 3.63) is 157 Å². The number of nitrogens with zero attached hydrogens (tertiary/aromatic N) is 3. The number of aromatic nitrogens is 4. The molecule has 0 saturated heterocycles. The molecule has 3 aromatic carbocycles. The Morgan fingerprint density at radius 3 is 1.44 bits per heavy atom. The van der Waals surface area contributed by atoms with Crippen LogP contribution in [-0.2, 0) is 4.79 Å². The minimum atomic E-state index is -1.26. The van der Waals surface area contributed by atoms with E-state index < -0.39 is 5.97 Å². The quantitative estimate of drug-likeness (QED) is 0.114. The molecule has 2 aliphatic rings. The summed E-state index contributed by atoms with van der Waals surface area (Å²) < 4.78 is 0. The number of aliphatic carboxylic acids is 1. The second-order valence-electron chi connectivity index (χ2n) is 16.1. The molecule has 4 aromatic heterocycles. The van der Waals surface area contributed by atoms with Gasteiger partial charge in [0.1, 0.15) is 11.6 Å². The summed E-state index contributed by atoms with van der Waals surface area (Å²) >= 11 is 1.41. The van der Waals surface area contributed by atoms with Crippen molar-refractivity contribution in [2.75, 3.05) is 0 Å². The highest BCUT2D eigenvalue weighted by atomic mass is 32.1. The molecule has 0 atom stereocenters. The van der Waals surface area contributed by atoms with Gasteiger partial charge in [-0.25, -0.2) is 14.8 Å². The Bertz CT molecular complexity index is 3210. The summed E-state index contributed by atoms with van der Waals surface area (Å²) in [4.78, 5) is 32.0. The maximum Gasteiger partial charge on any atom is 0.346 e. The summed E-state index contributed by atoms with van der Waals surface area (Å²) in [6, 6.07) is 31.7. The van der Waals surface area contributed by atoms with E-state index in [-0.39, 0.29) is 5.57 Å². The molecule has 6 heterocycles. The lowest BCUT2D eigenvalue weighted by Gasteiger charge is -2.13. The van der Waals surface area contributed by atoms with E-state index in [1.807, 2.05) is 18.2 Å². The third kappa shape index (κ3) is 7.13. The van der Waals surface area contributed by atoms with E-state index in [2.05, 4.69) is 156 Å². The summed E-state index contributed by atoms with van der Waals surface area (Å²) in [5.74, 6) is -1.26. The summed E-state index contributed by atoms with van der Waals surface area (Å²) in [6.07, 6.45) is 9.82. The Kier molecular flexibility index (Phi) is 9.85. The number of rotatable bonds is 6. The van der Waals surface area contributed by atoms with Crippen molar-refractivity contribution in [2.24, 2.45) is 0 Å². The lowest BCUT2D eigenvalue weighted by Crippen LogP contribution is -1.96. The fourth-order valence-electron chi connectivity index (χ4n) is 9.01. The number of nitriles is 1. The predicted octanol–water partition coefficient (Wildman–Crippen LogP) is 13.5. The minimum Gasteiger partial charge on any atom is -0.477 e. The summed E-state index contributed by atoms with van der Waals surface area (Å²) in [5.41, 5.74) is 21.8. The number of carboxylic acids is 1. The SMILES string of the molecule is Cc1ccc(-c2c3nc(c(-c4c(C)cc(C)cc4C)c4ccc([nH]4)c(-c4ccc(/C=C(/C#N)C(=O)O)s4)c4nc(c(-c5c(C)cc(C)cc5C)c5ccc2[nH]5)C=C4)C=C3)cc1. The van der Waals surface area contributed by atoms with Gasteiger partial charge in [-0.15, -0.1) is 11.3 Å². The molecule has 7 nitrogen and oxygen atoms in total. The molecule has 298 valence electrons. The van der Waals surface area contributed by atoms with Crippen molar-refractivity contribution in [1.29, 1.82) is 5.26 Å². The first-order valence-corrected chi connectivity index (χ1v) is 21.0. The van der Waals surface area contributed by atoms with Gasteiger partial charge in [-0.2, -0.15) is 5.26 Å². The summed E-state index contributed by atoms with van der Waals surface area (Å²) in [7, 11) is 0. The number of hydrogen-bond donors (Lipinski definition) is 3. The number of aryl methyl sites for hydroxylation is 7. The van der Waals surface area contributed by atoms with Crippen molar-refractivity contribution >= 4 is 69.8 Å². The van der Waals surface area contributed by atoms with Gasteiger partial charge >= 0.3 is 5.97 Å². The van der Waals surface area contributed by atoms with Crippen LogP contribution >= 0.6 is 11.3 Å². The standard InChI is InChI=1S/C53H43N5O2S/c1-28-8-10-35(11-9-28)49-38-13-17-42(55-38)51(47-31(4)22-29(2)23-32(47)5)44-19-15-40(57-44)50(46-21-12-37(61-46)26-36(27-54)53(59)60)41-16-20-45(58-41)52(43-18-14-39(49)56-43)48-33(6)24-30(3)25-34(48)7/h8-26,55,58H,1-7H3,(H,59,60)/b36-26-,49-38?,49-39?,50-40?,50-41?,51-42?,51-44?,52-43?,52-45?. The third-order valence-corrected chi connectivity index (χ3v) is 12.5. The minimum absolute atomic E-state index is 0.326. The zero-order chi connectivity index (χ0) is 42.7. The van der Waals surface area contributed by atoms with Gasteiger partial charge in [0.25, 0.3) is 0 Å². The Morgan fingerprint density at radius 2 is 0.984 bits per heavy atom. The van der Waals surface area contributed by atoms with Crippen LogP contribution in [0.4, 0.5) is 0 Å². The average molecular weight is 814 g/mol. The maximum absolute atomic E-state index is 11.8.